The number of hydrogen-bond donors (Lipinski definition) is 1. The van der Waals surface area contributed by atoms with E-state index in [1.165, 1.54) is 37.9 Å². The van der Waals surface area contributed by atoms with Crippen LogP contribution in [-0.2, 0) is 0 Å². The predicted molar refractivity (Wildman–Crippen MR) is 74.8 cm³/mol. The van der Waals surface area contributed by atoms with Gasteiger partial charge in [-0.05, 0) is 24.7 Å². The highest BCUT2D eigenvalue weighted by molar-refractivity contribution is 5.56. The summed E-state index contributed by atoms with van der Waals surface area (Å²) in [7, 11) is 0. The molecule has 1 radical (unpaired) electrons. The van der Waals surface area contributed by atoms with Crippen LogP contribution in [0.3, 0.4) is 0 Å². The maximum absolute atomic E-state index is 9.15. The molecule has 1 aliphatic carbocycles. The van der Waals surface area contributed by atoms with Crippen molar-refractivity contribution in [1.82, 2.24) is 19.9 Å². The summed E-state index contributed by atoms with van der Waals surface area (Å²) in [4.78, 5) is 15.9. The lowest BCUT2D eigenvalue weighted by Gasteiger charge is -2.28. The van der Waals surface area contributed by atoms with Crippen molar-refractivity contribution in [2.45, 2.75) is 45.4 Å². The molecule has 1 N–H and O–H groups in total. The van der Waals surface area contributed by atoms with E-state index in [0.717, 1.165) is 11.4 Å². The van der Waals surface area contributed by atoms with Crippen LogP contribution in [0.4, 0.5) is 0 Å². The Morgan fingerprint density at radius 3 is 2.75 bits per heavy atom. The Balaban J connectivity index is 2.10. The zero-order chi connectivity index (χ0) is 14.1. The summed E-state index contributed by atoms with van der Waals surface area (Å²) >= 11 is 0. The van der Waals surface area contributed by atoms with Crippen LogP contribution < -0.4 is 0 Å². The molecule has 3 aliphatic rings. The second-order valence-electron chi connectivity index (χ2n) is 5.76. The topological polar surface area (TPSA) is 78.2 Å². The fraction of sp³-hybridized carbons (Fsp3) is 0.533. The second-order valence-corrected chi connectivity index (χ2v) is 5.76. The van der Waals surface area contributed by atoms with Crippen molar-refractivity contribution in [3.63, 3.8) is 0 Å². The van der Waals surface area contributed by atoms with E-state index in [4.69, 9.17) is 5.26 Å². The van der Waals surface area contributed by atoms with Gasteiger partial charge in [0.15, 0.2) is 5.82 Å². The molecule has 1 saturated carbocycles. The van der Waals surface area contributed by atoms with E-state index >= 15 is 0 Å². The van der Waals surface area contributed by atoms with Gasteiger partial charge in [-0.2, -0.15) is 10.2 Å². The molecular weight excluding hydrogens is 250 g/mol. The van der Waals surface area contributed by atoms with Crippen molar-refractivity contribution in [2.75, 3.05) is 0 Å². The van der Waals surface area contributed by atoms with Crippen LogP contribution in [0.15, 0.2) is 6.33 Å². The summed E-state index contributed by atoms with van der Waals surface area (Å²) in [5, 5.41) is 9.15. The van der Waals surface area contributed by atoms with E-state index in [2.05, 4.69) is 39.9 Å². The largest absolute Gasteiger partial charge is 0.332 e. The minimum atomic E-state index is 0.312. The number of nitrogens with zero attached hydrogens (tertiary/aromatic N) is 4. The Bertz CT molecular complexity index is 603. The molecule has 20 heavy (non-hydrogen) atoms. The first-order valence-corrected chi connectivity index (χ1v) is 7.11. The predicted octanol–water partition coefficient (Wildman–Crippen LogP) is 3.06. The van der Waals surface area contributed by atoms with Gasteiger partial charge >= 0.3 is 0 Å². The lowest BCUT2D eigenvalue weighted by atomic mass is 9.79. The fourth-order valence-electron chi connectivity index (χ4n) is 3.42. The van der Waals surface area contributed by atoms with E-state index in [-0.39, 0.29) is 0 Å². The second kappa shape index (κ2) is 5.20. The van der Waals surface area contributed by atoms with Crippen LogP contribution in [0.1, 0.15) is 57.0 Å². The SMILES string of the molecule is C[C](C)C(c1[nH]c(C#N)nc2ncnc1-2)C1CCCC1. The third-order valence-corrected chi connectivity index (χ3v) is 4.21. The van der Waals surface area contributed by atoms with Crippen molar-refractivity contribution in [3.05, 3.63) is 23.8 Å². The molecule has 0 amide bonds. The van der Waals surface area contributed by atoms with Crippen LogP contribution in [0.2, 0.25) is 0 Å². The minimum Gasteiger partial charge on any atom is -0.332 e. The lowest BCUT2D eigenvalue weighted by molar-refractivity contribution is 0.437. The summed E-state index contributed by atoms with van der Waals surface area (Å²) in [5.41, 5.74) is 1.82. The van der Waals surface area contributed by atoms with Gasteiger partial charge in [0.2, 0.25) is 5.82 Å². The zero-order valence-electron chi connectivity index (χ0n) is 11.8. The van der Waals surface area contributed by atoms with E-state index < -0.39 is 0 Å². The number of imidazole rings is 1. The summed E-state index contributed by atoms with van der Waals surface area (Å²) < 4.78 is 0. The van der Waals surface area contributed by atoms with Crippen molar-refractivity contribution in [3.8, 4) is 17.6 Å². The molecule has 5 heteroatoms. The molecule has 5 nitrogen and oxygen atoms in total. The highest BCUT2D eigenvalue weighted by atomic mass is 15.0. The smallest absolute Gasteiger partial charge is 0.212 e. The summed E-state index contributed by atoms with van der Waals surface area (Å²) in [6, 6.07) is 2.09. The number of nitriles is 1. The number of hydrogen-bond acceptors (Lipinski definition) is 4. The van der Waals surface area contributed by atoms with Gasteiger partial charge in [-0.25, -0.2) is 9.97 Å². The molecular formula is C15H18N5. The van der Waals surface area contributed by atoms with Gasteiger partial charge in [0.1, 0.15) is 18.1 Å². The number of fused-ring (bicyclic) bond motifs is 1. The Hall–Kier alpha value is -1.96. The van der Waals surface area contributed by atoms with Crippen molar-refractivity contribution >= 4 is 0 Å². The summed E-state index contributed by atoms with van der Waals surface area (Å²) in [6.07, 6.45) is 6.58. The highest BCUT2D eigenvalue weighted by Gasteiger charge is 2.33. The number of aromatic nitrogens is 4. The standard InChI is InChI=1S/C15H18N5/c1-9(2)12(10-5-3-4-6-10)13-14-15(18-8-17-14)20-11(7-16)19-13/h8,10,12H,3-6H2,1-2H3,(H,17,18,19,20). The van der Waals surface area contributed by atoms with Crippen LogP contribution in [0, 0.1) is 23.2 Å². The van der Waals surface area contributed by atoms with Crippen molar-refractivity contribution in [2.24, 2.45) is 5.92 Å². The van der Waals surface area contributed by atoms with Gasteiger partial charge in [-0.15, -0.1) is 0 Å². The lowest BCUT2D eigenvalue weighted by Crippen LogP contribution is -2.18. The molecule has 1 unspecified atom stereocenters. The molecule has 0 aromatic carbocycles. The number of H-pyrrole nitrogens is 1. The third-order valence-electron chi connectivity index (χ3n) is 4.21. The molecule has 0 aromatic rings. The maximum Gasteiger partial charge on any atom is 0.212 e. The fourth-order valence-corrected chi connectivity index (χ4v) is 3.42. The van der Waals surface area contributed by atoms with E-state index in [9.17, 15) is 0 Å². The molecule has 1 atom stereocenters. The molecule has 103 valence electrons. The highest BCUT2D eigenvalue weighted by Crippen LogP contribution is 2.44. The van der Waals surface area contributed by atoms with Crippen molar-refractivity contribution in [1.29, 1.82) is 5.26 Å². The van der Waals surface area contributed by atoms with Gasteiger partial charge in [0, 0.05) is 5.92 Å². The molecule has 2 heterocycles. The quantitative estimate of drug-likeness (QED) is 0.927. The van der Waals surface area contributed by atoms with Gasteiger partial charge in [-0.1, -0.05) is 26.7 Å². The number of nitrogens with one attached hydrogen (secondary N) is 1. The minimum absolute atomic E-state index is 0.312. The first-order valence-electron chi connectivity index (χ1n) is 7.11. The number of aromatic amines is 1. The first kappa shape index (κ1) is 13.0. The van der Waals surface area contributed by atoms with Gasteiger partial charge < -0.3 is 4.98 Å². The van der Waals surface area contributed by atoms with E-state index in [1.54, 1.807) is 0 Å². The van der Waals surface area contributed by atoms with Crippen LogP contribution in [0.5, 0.6) is 0 Å². The molecule has 0 bridgehead atoms. The van der Waals surface area contributed by atoms with E-state index in [1.807, 2.05) is 0 Å². The number of rotatable bonds is 3. The van der Waals surface area contributed by atoms with Gasteiger partial charge in [0.05, 0.1) is 5.69 Å². The monoisotopic (exact) mass is 268 g/mol. The molecule has 1 fully saturated rings. The molecule has 2 aliphatic heterocycles. The Kier molecular flexibility index (Phi) is 3.39. The molecule has 0 spiro atoms. The van der Waals surface area contributed by atoms with Gasteiger partial charge in [0.25, 0.3) is 0 Å². The molecule has 0 aromatic heterocycles. The van der Waals surface area contributed by atoms with Crippen LogP contribution in [-0.4, -0.2) is 19.9 Å². The molecule has 0 saturated heterocycles. The maximum atomic E-state index is 9.15. The Morgan fingerprint density at radius 2 is 2.10 bits per heavy atom. The Labute approximate surface area is 118 Å². The summed E-state index contributed by atoms with van der Waals surface area (Å²) in [6.45, 7) is 4.32. The third kappa shape index (κ3) is 2.15. The van der Waals surface area contributed by atoms with Gasteiger partial charge in [-0.3, -0.25) is 0 Å². The van der Waals surface area contributed by atoms with Crippen LogP contribution >= 0.6 is 0 Å². The average Bonchev–Trinajstić information content (AvgIpc) is 3.08. The van der Waals surface area contributed by atoms with Crippen molar-refractivity contribution < 1.29 is 0 Å². The average molecular weight is 268 g/mol. The first-order chi connectivity index (χ1) is 9.70. The van der Waals surface area contributed by atoms with E-state index in [0.29, 0.717) is 23.5 Å². The normalized spacial score (nSPS) is 17.7. The Morgan fingerprint density at radius 1 is 1.35 bits per heavy atom. The summed E-state index contributed by atoms with van der Waals surface area (Å²) in [5.74, 6) is 3.18. The molecule has 3 rings (SSSR count). The zero-order valence-corrected chi connectivity index (χ0v) is 11.8. The van der Waals surface area contributed by atoms with Crippen LogP contribution in [0.25, 0.3) is 11.5 Å².